The van der Waals surface area contributed by atoms with Crippen LogP contribution in [0.5, 0.6) is 0 Å². The van der Waals surface area contributed by atoms with Crippen LogP contribution >= 0.6 is 0 Å². The number of nitrogens with two attached hydrogens (primary N) is 1. The van der Waals surface area contributed by atoms with Crippen molar-refractivity contribution in [3.63, 3.8) is 0 Å². The maximum atomic E-state index is 13.4. The minimum Gasteiger partial charge on any atom is -0.469 e. The van der Waals surface area contributed by atoms with Crippen LogP contribution in [0.1, 0.15) is 54.9 Å². The maximum absolute atomic E-state index is 13.4. The van der Waals surface area contributed by atoms with Gasteiger partial charge in [-0.15, -0.1) is 0 Å². The van der Waals surface area contributed by atoms with Crippen LogP contribution in [-0.2, 0) is 19.1 Å². The number of amides is 1. The smallest absolute Gasteiger partial charge is 0.337 e. The largest absolute Gasteiger partial charge is 0.469 e. The van der Waals surface area contributed by atoms with Crippen LogP contribution in [0, 0.1) is 16.7 Å². The van der Waals surface area contributed by atoms with E-state index in [0.717, 1.165) is 37.9 Å². The topological polar surface area (TPSA) is 150 Å². The number of piperidine rings is 1. The summed E-state index contributed by atoms with van der Waals surface area (Å²) in [6.45, 7) is 3.82. The van der Waals surface area contributed by atoms with Crippen molar-refractivity contribution in [3.05, 3.63) is 53.6 Å². The molecule has 2 aromatic rings. The summed E-state index contributed by atoms with van der Waals surface area (Å²) in [4.78, 5) is 41.5. The number of methoxy groups -OCH3 is 2. The van der Waals surface area contributed by atoms with Crippen LogP contribution in [0.15, 0.2) is 42.5 Å². The fraction of sp³-hybridized carbons (Fsp3) is 0.414. The number of hydrogen-bond donors (Lipinski definition) is 3. The minimum absolute atomic E-state index is 0.0320. The molecule has 1 aliphatic heterocycles. The van der Waals surface area contributed by atoms with Crippen molar-refractivity contribution >= 4 is 35.2 Å². The van der Waals surface area contributed by atoms with Gasteiger partial charge in [-0.2, -0.15) is 0 Å². The second-order valence-electron chi connectivity index (χ2n) is 9.68. The fourth-order valence-corrected chi connectivity index (χ4v) is 4.75. The Morgan fingerprint density at radius 3 is 2.28 bits per heavy atom. The molecule has 10 heteroatoms. The molecule has 0 atom stereocenters. The molecule has 1 amide bonds. The van der Waals surface area contributed by atoms with Gasteiger partial charge < -0.3 is 25.0 Å². The average Bonchev–Trinajstić information content (AvgIpc) is 2.95. The number of amidine groups is 2. The number of anilines is 1. The number of hydrogen-bond acceptors (Lipinski definition) is 7. The molecule has 1 fully saturated rings. The highest BCUT2D eigenvalue weighted by atomic mass is 16.5. The Morgan fingerprint density at radius 2 is 1.67 bits per heavy atom. The van der Waals surface area contributed by atoms with E-state index in [-0.39, 0.29) is 30.1 Å². The highest BCUT2D eigenvalue weighted by Crippen LogP contribution is 2.30. The van der Waals surface area contributed by atoms with E-state index in [4.69, 9.17) is 26.0 Å². The zero-order valence-electron chi connectivity index (χ0n) is 22.8. The van der Waals surface area contributed by atoms with Crippen molar-refractivity contribution in [2.24, 2.45) is 11.7 Å². The lowest BCUT2D eigenvalue weighted by Gasteiger charge is -2.34. The standard InChI is InChI=1S/C29H37N5O5/c1-19(30)33-12-9-20(10-13-33)11-14-34(26(35)7-8-27(36)38-2)25-17-23(16-24(18-25)29(37)39-3)21-5-4-6-22(15-21)28(31)32/h4-6,15-18,20,30H,7-14H2,1-3H3,(H3,31,32). The van der Waals surface area contributed by atoms with E-state index in [1.165, 1.54) is 14.2 Å². The molecule has 0 saturated carbocycles. The summed E-state index contributed by atoms with van der Waals surface area (Å²) in [7, 11) is 2.58. The number of esters is 2. The fourth-order valence-electron chi connectivity index (χ4n) is 4.75. The van der Waals surface area contributed by atoms with Crippen LogP contribution in [0.2, 0.25) is 0 Å². The Bertz CT molecular complexity index is 1240. The summed E-state index contributed by atoms with van der Waals surface area (Å²) in [6.07, 6.45) is 2.51. The molecule has 10 nitrogen and oxygen atoms in total. The number of nitrogens with one attached hydrogen (secondary N) is 2. The summed E-state index contributed by atoms with van der Waals surface area (Å²) < 4.78 is 9.71. The van der Waals surface area contributed by atoms with Gasteiger partial charge in [0.15, 0.2) is 0 Å². The third-order valence-electron chi connectivity index (χ3n) is 7.08. The van der Waals surface area contributed by atoms with Crippen LogP contribution < -0.4 is 10.6 Å². The maximum Gasteiger partial charge on any atom is 0.337 e. The first-order chi connectivity index (χ1) is 18.6. The molecule has 1 aliphatic rings. The number of ether oxygens (including phenoxy) is 2. The van der Waals surface area contributed by atoms with Crippen molar-refractivity contribution in [3.8, 4) is 11.1 Å². The molecule has 1 heterocycles. The molecule has 39 heavy (non-hydrogen) atoms. The molecule has 0 aliphatic carbocycles. The predicted octanol–water partition coefficient (Wildman–Crippen LogP) is 3.81. The quantitative estimate of drug-likeness (QED) is 0.238. The molecule has 0 unspecified atom stereocenters. The monoisotopic (exact) mass is 535 g/mol. The van der Waals surface area contributed by atoms with E-state index in [1.807, 2.05) is 12.1 Å². The number of rotatable bonds is 10. The number of nitrogen functional groups attached to an aromatic ring is 1. The van der Waals surface area contributed by atoms with Gasteiger partial charge in [-0.3, -0.25) is 20.4 Å². The number of benzene rings is 2. The summed E-state index contributed by atoms with van der Waals surface area (Å²) in [5, 5.41) is 15.7. The molecule has 0 aromatic heterocycles. The Morgan fingerprint density at radius 1 is 0.974 bits per heavy atom. The first-order valence-corrected chi connectivity index (χ1v) is 13.0. The molecule has 4 N–H and O–H groups in total. The third-order valence-corrected chi connectivity index (χ3v) is 7.08. The van der Waals surface area contributed by atoms with E-state index < -0.39 is 11.9 Å². The molecule has 0 spiro atoms. The SMILES string of the molecule is COC(=O)CCC(=O)N(CCC1CCN(C(C)=N)CC1)c1cc(C(=O)OC)cc(-c2cccc(C(=N)N)c2)c1. The van der Waals surface area contributed by atoms with Crippen molar-refractivity contribution in [1.82, 2.24) is 4.90 Å². The lowest BCUT2D eigenvalue weighted by Crippen LogP contribution is -2.38. The van der Waals surface area contributed by atoms with Crippen molar-refractivity contribution in [1.29, 1.82) is 10.8 Å². The van der Waals surface area contributed by atoms with E-state index >= 15 is 0 Å². The van der Waals surface area contributed by atoms with Gasteiger partial charge in [-0.25, -0.2) is 4.79 Å². The van der Waals surface area contributed by atoms with Crippen LogP contribution in [0.4, 0.5) is 5.69 Å². The minimum atomic E-state index is -0.544. The highest BCUT2D eigenvalue weighted by Gasteiger charge is 2.24. The number of carbonyl (C=O) groups excluding carboxylic acids is 3. The van der Waals surface area contributed by atoms with Gasteiger partial charge in [0.1, 0.15) is 5.84 Å². The van der Waals surface area contributed by atoms with E-state index in [9.17, 15) is 14.4 Å². The average molecular weight is 536 g/mol. The van der Waals surface area contributed by atoms with Gasteiger partial charge in [0.05, 0.1) is 32.0 Å². The molecule has 0 radical (unpaired) electrons. The van der Waals surface area contributed by atoms with E-state index in [2.05, 4.69) is 4.90 Å². The second kappa shape index (κ2) is 13.5. The lowest BCUT2D eigenvalue weighted by atomic mass is 9.93. The Labute approximate surface area is 229 Å². The highest BCUT2D eigenvalue weighted by molar-refractivity contribution is 5.99. The third kappa shape index (κ3) is 7.89. The van der Waals surface area contributed by atoms with Gasteiger partial charge in [-0.1, -0.05) is 18.2 Å². The van der Waals surface area contributed by atoms with Crippen molar-refractivity contribution in [2.75, 3.05) is 38.8 Å². The second-order valence-corrected chi connectivity index (χ2v) is 9.68. The Kier molecular flexibility index (Phi) is 10.2. The zero-order valence-corrected chi connectivity index (χ0v) is 22.8. The van der Waals surface area contributed by atoms with Crippen LogP contribution in [-0.4, -0.2) is 68.3 Å². The van der Waals surface area contributed by atoms with Gasteiger partial charge in [0.25, 0.3) is 0 Å². The Hall–Kier alpha value is -4.21. The van der Waals surface area contributed by atoms with Crippen molar-refractivity contribution in [2.45, 2.75) is 39.0 Å². The van der Waals surface area contributed by atoms with Gasteiger partial charge >= 0.3 is 11.9 Å². The van der Waals surface area contributed by atoms with Gasteiger partial charge in [-0.05, 0) is 67.5 Å². The molecule has 3 rings (SSSR count). The van der Waals surface area contributed by atoms with E-state index in [0.29, 0.717) is 35.1 Å². The van der Waals surface area contributed by atoms with Crippen LogP contribution in [0.25, 0.3) is 11.1 Å². The summed E-state index contributed by atoms with van der Waals surface area (Å²) >= 11 is 0. The molecule has 208 valence electrons. The summed E-state index contributed by atoms with van der Waals surface area (Å²) in [5.41, 5.74) is 8.41. The van der Waals surface area contributed by atoms with Crippen molar-refractivity contribution < 1.29 is 23.9 Å². The number of nitrogens with zero attached hydrogens (tertiary/aromatic N) is 2. The Balaban J connectivity index is 1.96. The zero-order chi connectivity index (χ0) is 28.5. The molecular formula is C29H37N5O5. The lowest BCUT2D eigenvalue weighted by molar-refractivity contribution is -0.141. The first kappa shape index (κ1) is 29.3. The van der Waals surface area contributed by atoms with Crippen LogP contribution in [0.3, 0.4) is 0 Å². The van der Waals surface area contributed by atoms with Gasteiger partial charge in [0.2, 0.25) is 5.91 Å². The van der Waals surface area contributed by atoms with Gasteiger partial charge in [0, 0.05) is 37.3 Å². The molecule has 2 aromatic carbocycles. The molecule has 0 bridgehead atoms. The normalized spacial score (nSPS) is 13.5. The summed E-state index contributed by atoms with van der Waals surface area (Å²) in [6, 6.07) is 12.2. The van der Waals surface area contributed by atoms with E-state index in [1.54, 1.807) is 42.2 Å². The molecular weight excluding hydrogens is 498 g/mol. The number of carbonyl (C=O) groups is 3. The predicted molar refractivity (Wildman–Crippen MR) is 150 cm³/mol. The first-order valence-electron chi connectivity index (χ1n) is 13.0. The summed E-state index contributed by atoms with van der Waals surface area (Å²) in [5.74, 6) is -0.398. The molecule has 1 saturated heterocycles. The number of likely N-dealkylation sites (tertiary alicyclic amines) is 1.